The fourth-order valence-electron chi connectivity index (χ4n) is 3.32. The smallest absolute Gasteiger partial charge is 0.238 e. The molecule has 2 heterocycles. The SMILES string of the molecule is Cc1[nH]c2ccc(CNC(=O)C3CCCN3S(C)(=O)=O)cc2c1C. The van der Waals surface area contributed by atoms with Crippen LogP contribution in [0.15, 0.2) is 18.2 Å². The number of nitrogens with one attached hydrogen (secondary N) is 2. The van der Waals surface area contributed by atoms with Gasteiger partial charge in [0.05, 0.1) is 6.26 Å². The van der Waals surface area contributed by atoms with Gasteiger partial charge in [-0.1, -0.05) is 6.07 Å². The molecule has 1 atom stereocenters. The number of carbonyl (C=O) groups excluding carboxylic acids is 1. The molecule has 0 bridgehead atoms. The maximum absolute atomic E-state index is 12.4. The van der Waals surface area contributed by atoms with Gasteiger partial charge < -0.3 is 10.3 Å². The van der Waals surface area contributed by atoms with Crippen LogP contribution in [0.4, 0.5) is 0 Å². The lowest BCUT2D eigenvalue weighted by atomic mass is 10.1. The van der Waals surface area contributed by atoms with Gasteiger partial charge in [0.1, 0.15) is 6.04 Å². The van der Waals surface area contributed by atoms with Gasteiger partial charge in [-0.25, -0.2) is 8.42 Å². The van der Waals surface area contributed by atoms with Gasteiger partial charge in [-0.15, -0.1) is 0 Å². The molecule has 2 N–H and O–H groups in total. The number of carbonyl (C=O) groups is 1. The zero-order valence-electron chi connectivity index (χ0n) is 14.2. The van der Waals surface area contributed by atoms with Crippen molar-refractivity contribution in [1.29, 1.82) is 0 Å². The molecule has 1 saturated heterocycles. The summed E-state index contributed by atoms with van der Waals surface area (Å²) in [5, 5.41) is 4.03. The molecule has 0 spiro atoms. The largest absolute Gasteiger partial charge is 0.358 e. The first-order chi connectivity index (χ1) is 11.3. The number of benzene rings is 1. The van der Waals surface area contributed by atoms with Crippen molar-refractivity contribution in [3.8, 4) is 0 Å². The van der Waals surface area contributed by atoms with Crippen molar-refractivity contribution in [2.45, 2.75) is 39.3 Å². The van der Waals surface area contributed by atoms with E-state index in [0.717, 1.165) is 34.8 Å². The predicted octanol–water partition coefficient (Wildman–Crippen LogP) is 1.82. The van der Waals surface area contributed by atoms with Crippen molar-refractivity contribution < 1.29 is 13.2 Å². The molecule has 130 valence electrons. The van der Waals surface area contributed by atoms with E-state index in [-0.39, 0.29) is 5.91 Å². The third-order valence-electron chi connectivity index (χ3n) is 4.77. The highest BCUT2D eigenvalue weighted by Gasteiger charge is 2.36. The van der Waals surface area contributed by atoms with E-state index >= 15 is 0 Å². The summed E-state index contributed by atoms with van der Waals surface area (Å²) in [6.45, 7) is 4.92. The summed E-state index contributed by atoms with van der Waals surface area (Å²) in [6, 6.07) is 5.47. The Morgan fingerprint density at radius 3 is 2.83 bits per heavy atom. The molecule has 1 aliphatic heterocycles. The van der Waals surface area contributed by atoms with E-state index in [1.54, 1.807) is 0 Å². The molecule has 24 heavy (non-hydrogen) atoms. The number of H-pyrrole nitrogens is 1. The number of rotatable bonds is 4. The summed E-state index contributed by atoms with van der Waals surface area (Å²) in [5.41, 5.74) is 4.43. The van der Waals surface area contributed by atoms with E-state index in [0.29, 0.717) is 19.5 Å². The zero-order chi connectivity index (χ0) is 17.5. The monoisotopic (exact) mass is 349 g/mol. The number of amides is 1. The lowest BCUT2D eigenvalue weighted by Crippen LogP contribution is -2.45. The number of hydrogen-bond acceptors (Lipinski definition) is 3. The van der Waals surface area contributed by atoms with Gasteiger partial charge >= 0.3 is 0 Å². The summed E-state index contributed by atoms with van der Waals surface area (Å²) in [4.78, 5) is 15.7. The Morgan fingerprint density at radius 1 is 1.38 bits per heavy atom. The number of sulfonamides is 1. The number of nitrogens with zero attached hydrogens (tertiary/aromatic N) is 1. The minimum absolute atomic E-state index is 0.222. The summed E-state index contributed by atoms with van der Waals surface area (Å²) in [5.74, 6) is -0.222. The standard InChI is InChI=1S/C17H23N3O3S/c1-11-12(2)19-15-7-6-13(9-14(11)15)10-18-17(21)16-5-4-8-20(16)24(3,22)23/h6-7,9,16,19H,4-5,8,10H2,1-3H3,(H,18,21). The second-order valence-electron chi connectivity index (χ2n) is 6.50. The highest BCUT2D eigenvalue weighted by atomic mass is 32.2. The van der Waals surface area contributed by atoms with Gasteiger partial charge in [0.25, 0.3) is 0 Å². The Kier molecular flexibility index (Phi) is 4.40. The van der Waals surface area contributed by atoms with E-state index in [9.17, 15) is 13.2 Å². The van der Waals surface area contributed by atoms with Crippen LogP contribution in [0.2, 0.25) is 0 Å². The zero-order valence-corrected chi connectivity index (χ0v) is 15.0. The van der Waals surface area contributed by atoms with Crippen molar-refractivity contribution in [3.63, 3.8) is 0 Å². The van der Waals surface area contributed by atoms with Crippen LogP contribution in [-0.4, -0.2) is 42.5 Å². The Balaban J connectivity index is 1.71. The van der Waals surface area contributed by atoms with Crippen LogP contribution in [0.3, 0.4) is 0 Å². The predicted molar refractivity (Wildman–Crippen MR) is 94.2 cm³/mol. The average molecular weight is 349 g/mol. The first-order valence-electron chi connectivity index (χ1n) is 8.09. The first kappa shape index (κ1) is 17.0. The van der Waals surface area contributed by atoms with Gasteiger partial charge in [-0.3, -0.25) is 4.79 Å². The minimum atomic E-state index is -3.34. The van der Waals surface area contributed by atoms with Gasteiger partial charge in [0, 0.05) is 29.7 Å². The number of aryl methyl sites for hydroxylation is 2. The number of aromatic amines is 1. The Bertz CT molecular complexity index is 886. The molecule has 1 fully saturated rings. The molecule has 1 amide bonds. The van der Waals surface area contributed by atoms with E-state index in [1.165, 1.54) is 9.87 Å². The van der Waals surface area contributed by atoms with E-state index in [2.05, 4.69) is 23.3 Å². The second kappa shape index (κ2) is 6.22. The van der Waals surface area contributed by atoms with E-state index < -0.39 is 16.1 Å². The molecule has 7 heteroatoms. The van der Waals surface area contributed by atoms with Crippen molar-refractivity contribution in [1.82, 2.24) is 14.6 Å². The maximum atomic E-state index is 12.4. The summed E-state index contributed by atoms with van der Waals surface area (Å²) >= 11 is 0. The van der Waals surface area contributed by atoms with Crippen LogP contribution in [0.5, 0.6) is 0 Å². The normalized spacial score (nSPS) is 19.0. The van der Waals surface area contributed by atoms with E-state index in [4.69, 9.17) is 0 Å². The highest BCUT2D eigenvalue weighted by molar-refractivity contribution is 7.88. The number of aromatic nitrogens is 1. The van der Waals surface area contributed by atoms with Crippen molar-refractivity contribution in [2.24, 2.45) is 0 Å². The van der Waals surface area contributed by atoms with Crippen LogP contribution < -0.4 is 5.32 Å². The molecular weight excluding hydrogens is 326 g/mol. The molecule has 0 aliphatic carbocycles. The van der Waals surface area contributed by atoms with Gasteiger partial charge in [0.15, 0.2) is 0 Å². The molecular formula is C17H23N3O3S. The molecule has 0 saturated carbocycles. The fraction of sp³-hybridized carbons (Fsp3) is 0.471. The van der Waals surface area contributed by atoms with Crippen LogP contribution >= 0.6 is 0 Å². The van der Waals surface area contributed by atoms with E-state index in [1.807, 2.05) is 19.1 Å². The topological polar surface area (TPSA) is 82.3 Å². The molecule has 2 aromatic rings. The average Bonchev–Trinajstić information content (AvgIpc) is 3.11. The van der Waals surface area contributed by atoms with Crippen LogP contribution in [-0.2, 0) is 21.4 Å². The number of fused-ring (bicyclic) bond motifs is 1. The lowest BCUT2D eigenvalue weighted by Gasteiger charge is -2.21. The molecule has 1 aromatic heterocycles. The molecule has 1 aliphatic rings. The maximum Gasteiger partial charge on any atom is 0.238 e. The molecule has 1 aromatic carbocycles. The van der Waals surface area contributed by atoms with Gasteiger partial charge in [0.2, 0.25) is 15.9 Å². The Morgan fingerprint density at radius 2 is 2.12 bits per heavy atom. The quantitative estimate of drug-likeness (QED) is 0.883. The summed E-state index contributed by atoms with van der Waals surface area (Å²) in [7, 11) is -3.34. The van der Waals surface area contributed by atoms with Crippen molar-refractivity contribution in [3.05, 3.63) is 35.0 Å². The molecule has 6 nitrogen and oxygen atoms in total. The Labute approximate surface area is 142 Å². The molecule has 0 radical (unpaired) electrons. The van der Waals surface area contributed by atoms with Crippen LogP contribution in [0, 0.1) is 13.8 Å². The van der Waals surface area contributed by atoms with Crippen molar-refractivity contribution >= 4 is 26.8 Å². The molecule has 3 rings (SSSR count). The van der Waals surface area contributed by atoms with Crippen molar-refractivity contribution in [2.75, 3.05) is 12.8 Å². The van der Waals surface area contributed by atoms with Gasteiger partial charge in [-0.05, 0) is 49.9 Å². The first-order valence-corrected chi connectivity index (χ1v) is 9.94. The minimum Gasteiger partial charge on any atom is -0.358 e. The lowest BCUT2D eigenvalue weighted by molar-refractivity contribution is -0.124. The highest BCUT2D eigenvalue weighted by Crippen LogP contribution is 2.23. The summed E-state index contributed by atoms with van der Waals surface area (Å²) < 4.78 is 24.8. The third-order valence-corrected chi connectivity index (χ3v) is 6.06. The molecule has 1 unspecified atom stereocenters. The number of hydrogen-bond donors (Lipinski definition) is 2. The second-order valence-corrected chi connectivity index (χ2v) is 8.44. The fourth-order valence-corrected chi connectivity index (χ4v) is 4.45. The third kappa shape index (κ3) is 3.18. The summed E-state index contributed by atoms with van der Waals surface area (Å²) in [6.07, 6.45) is 2.45. The van der Waals surface area contributed by atoms with Gasteiger partial charge in [-0.2, -0.15) is 4.31 Å². The van der Waals surface area contributed by atoms with Crippen LogP contribution in [0.1, 0.15) is 29.7 Å². The van der Waals surface area contributed by atoms with Crippen LogP contribution in [0.25, 0.3) is 10.9 Å². The Hall–Kier alpha value is -1.86.